The number of nitrogens with one attached hydrogen (secondary N) is 3. The summed E-state index contributed by atoms with van der Waals surface area (Å²) in [7, 11) is 0. The number of nitrogens with zero attached hydrogens (tertiary/aromatic N) is 1. The van der Waals surface area contributed by atoms with Gasteiger partial charge in [-0.25, -0.2) is 4.98 Å². The molecule has 2 aliphatic heterocycles. The second kappa shape index (κ2) is 24.1. The molecule has 8 rings (SSSR count). The minimum atomic E-state index is -0.627. The number of benzene rings is 3. The lowest BCUT2D eigenvalue weighted by Crippen LogP contribution is -2.56. The molecule has 1 aromatic heterocycles. The van der Waals surface area contributed by atoms with Crippen molar-refractivity contribution in [3.05, 3.63) is 136 Å². The molecule has 2 saturated carbocycles. The third-order valence-corrected chi connectivity index (χ3v) is 15.8. The number of nitrogen functional groups attached to an aromatic ring is 1. The molecule has 0 spiro atoms. The van der Waals surface area contributed by atoms with Crippen molar-refractivity contribution in [1.29, 1.82) is 0 Å². The van der Waals surface area contributed by atoms with Crippen molar-refractivity contribution < 1.29 is 29.6 Å². The highest BCUT2D eigenvalue weighted by molar-refractivity contribution is 6.06. The van der Waals surface area contributed by atoms with Crippen LogP contribution in [0, 0.1) is 29.1 Å². The van der Waals surface area contributed by atoms with Crippen molar-refractivity contribution in [3.8, 4) is 11.5 Å². The van der Waals surface area contributed by atoms with Crippen LogP contribution in [-0.4, -0.2) is 83.0 Å². The number of carbonyl (C=O) groups excluding carboxylic acids is 2. The van der Waals surface area contributed by atoms with Crippen LogP contribution >= 0.6 is 0 Å². The number of aliphatic hydroxyl groups excluding tert-OH is 2. The molecule has 0 amide bonds. The molecule has 0 unspecified atom stereocenters. The summed E-state index contributed by atoms with van der Waals surface area (Å²) in [6, 6.07) is 25.2. The van der Waals surface area contributed by atoms with Gasteiger partial charge < -0.3 is 41.7 Å². The highest BCUT2D eigenvalue weighted by Crippen LogP contribution is 2.53. The number of Topliss-reactive ketones (excluding diaryl/α,β-unsaturated/α-hetero) is 1. The van der Waals surface area contributed by atoms with Gasteiger partial charge in [0.05, 0.1) is 12.5 Å². The first-order chi connectivity index (χ1) is 33.5. The summed E-state index contributed by atoms with van der Waals surface area (Å²) in [5.41, 5.74) is 13.5. The Morgan fingerprint density at radius 3 is 2.59 bits per heavy atom. The number of ketones is 2. The summed E-state index contributed by atoms with van der Waals surface area (Å²) < 4.78 is 5.34. The number of allylic oxidation sites excluding steroid dienone is 1. The SMILES string of the molecule is C[C@H](O)CN[C@H]1CC[C@](CCCC(=O)CC(=O)/C=C/c2cc(OCO)c(O)cc2Cc2cnc(N)cc2CCc2cccc(CCc3ccccc3)c2)(C[C@@H]2[C@H]3CCNC[C@H]3C[C@@H]3C=CCN[C@@H]23)C1. The van der Waals surface area contributed by atoms with Crippen LogP contribution in [0.25, 0.3) is 6.08 Å². The zero-order valence-electron chi connectivity index (χ0n) is 40.6. The summed E-state index contributed by atoms with van der Waals surface area (Å²) >= 11 is 0. The van der Waals surface area contributed by atoms with Crippen molar-refractivity contribution in [2.75, 3.05) is 38.7 Å². The number of phenolic OH excluding ortho intramolecular Hbond substituents is 1. The third kappa shape index (κ3) is 13.8. The van der Waals surface area contributed by atoms with Gasteiger partial charge in [0, 0.05) is 37.8 Å². The molecule has 3 aromatic carbocycles. The van der Waals surface area contributed by atoms with Crippen LogP contribution in [0.3, 0.4) is 0 Å². The number of aryl methyl sites for hydroxylation is 4. The van der Waals surface area contributed by atoms with E-state index in [-0.39, 0.29) is 34.9 Å². The first-order valence-electron chi connectivity index (χ1n) is 25.7. The van der Waals surface area contributed by atoms with Crippen LogP contribution < -0.4 is 26.4 Å². The lowest BCUT2D eigenvalue weighted by Gasteiger charge is -2.52. The number of carbonyl (C=O) groups is 2. The monoisotopic (exact) mass is 938 g/mol. The van der Waals surface area contributed by atoms with E-state index >= 15 is 0 Å². The Bertz CT molecular complexity index is 2400. The molecule has 368 valence electrons. The van der Waals surface area contributed by atoms with Crippen LogP contribution in [0.5, 0.6) is 11.5 Å². The Morgan fingerprint density at radius 2 is 1.78 bits per heavy atom. The Hall–Kier alpha value is -5.17. The molecule has 3 heterocycles. The molecule has 4 aromatic rings. The van der Waals surface area contributed by atoms with Gasteiger partial charge in [-0.05, 0) is 196 Å². The van der Waals surface area contributed by atoms with Gasteiger partial charge in [0.15, 0.2) is 24.1 Å². The van der Waals surface area contributed by atoms with Crippen molar-refractivity contribution >= 4 is 23.5 Å². The maximum Gasteiger partial charge on any atom is 0.186 e. The van der Waals surface area contributed by atoms with E-state index in [1.807, 2.05) is 19.1 Å². The second-order valence-corrected chi connectivity index (χ2v) is 20.8. The average Bonchev–Trinajstić information content (AvgIpc) is 3.75. The van der Waals surface area contributed by atoms with Crippen molar-refractivity contribution in [1.82, 2.24) is 20.9 Å². The average molecular weight is 938 g/mol. The Labute approximate surface area is 409 Å². The zero-order valence-corrected chi connectivity index (χ0v) is 40.6. The molecule has 4 aliphatic rings. The number of hydrogen-bond acceptors (Lipinski definition) is 11. The number of anilines is 1. The van der Waals surface area contributed by atoms with Gasteiger partial charge in [-0.1, -0.05) is 72.8 Å². The van der Waals surface area contributed by atoms with Crippen LogP contribution in [0.2, 0.25) is 0 Å². The standard InChI is InChI=1S/C58H75N5O6/c1-39(65)35-62-49-20-23-58(33-49,34-53-52-21-25-60-36-48(52)27-45-12-7-24-61-57(45)53)22-6-13-50(66)32-51(67)19-18-43-30-55(69-38-64)54(68)29-46(43)28-47-37-63-56(59)31-44(47)17-16-42-11-5-10-41(26-42)15-14-40-8-3-2-4-9-40/h2-5,7-12,18-19,26,29-31,37,39,45,48-49,52-53,57,60-62,64-65,68H,6,13-17,20-25,27-28,32-36,38H2,1H3,(H2,59,63)/b19-18+/t39-,45-,48+,49-,52-,53+,57+,58-/m0/s1. The third-order valence-electron chi connectivity index (χ3n) is 15.8. The van der Waals surface area contributed by atoms with Gasteiger partial charge in [0.2, 0.25) is 0 Å². The van der Waals surface area contributed by atoms with Gasteiger partial charge in [-0.2, -0.15) is 0 Å². The van der Waals surface area contributed by atoms with E-state index in [1.54, 1.807) is 24.4 Å². The van der Waals surface area contributed by atoms with Gasteiger partial charge in [-0.3, -0.25) is 9.59 Å². The number of nitrogens with two attached hydrogens (primary N) is 1. The van der Waals surface area contributed by atoms with E-state index in [9.17, 15) is 24.9 Å². The molecule has 0 bridgehead atoms. The smallest absolute Gasteiger partial charge is 0.186 e. The van der Waals surface area contributed by atoms with Crippen LogP contribution in [-0.2, 0) is 41.7 Å². The molecule has 0 radical (unpaired) electrons. The molecule has 3 fully saturated rings. The molecular formula is C58H75N5O6. The normalized spacial score (nSPS) is 24.7. The highest BCUT2D eigenvalue weighted by atomic mass is 16.6. The number of pyridine rings is 1. The largest absolute Gasteiger partial charge is 0.504 e. The summed E-state index contributed by atoms with van der Waals surface area (Å²) in [6.45, 7) is 4.88. The van der Waals surface area contributed by atoms with Crippen molar-refractivity contribution in [2.24, 2.45) is 29.1 Å². The van der Waals surface area contributed by atoms with Crippen LogP contribution in [0.15, 0.2) is 97.2 Å². The zero-order chi connectivity index (χ0) is 48.2. The number of piperidine rings is 1. The first kappa shape index (κ1) is 50.2. The van der Waals surface area contributed by atoms with Crippen LogP contribution in [0.1, 0.15) is 110 Å². The van der Waals surface area contributed by atoms with Crippen molar-refractivity contribution in [2.45, 2.75) is 121 Å². The lowest BCUT2D eigenvalue weighted by molar-refractivity contribution is -0.124. The minimum Gasteiger partial charge on any atom is -0.504 e. The molecule has 11 heteroatoms. The highest BCUT2D eigenvalue weighted by Gasteiger charge is 2.49. The fourth-order valence-corrected chi connectivity index (χ4v) is 12.4. The Balaban J connectivity index is 0.910. The fraction of sp³-hybridized carbons (Fsp3) is 0.500. The first-order valence-corrected chi connectivity index (χ1v) is 25.7. The number of fused-ring (bicyclic) bond motifs is 2. The molecule has 8 atom stereocenters. The number of hydrogen-bond donors (Lipinski definition) is 7. The predicted molar refractivity (Wildman–Crippen MR) is 274 cm³/mol. The van der Waals surface area contributed by atoms with Gasteiger partial charge >= 0.3 is 0 Å². The lowest BCUT2D eigenvalue weighted by atomic mass is 9.57. The maximum absolute atomic E-state index is 13.6. The summed E-state index contributed by atoms with van der Waals surface area (Å²) in [6.07, 6.45) is 21.8. The number of aromatic hydroxyl groups is 1. The number of aromatic nitrogens is 1. The topological polar surface area (TPSA) is 179 Å². The van der Waals surface area contributed by atoms with Crippen molar-refractivity contribution in [3.63, 3.8) is 0 Å². The van der Waals surface area contributed by atoms with E-state index < -0.39 is 12.9 Å². The number of aliphatic hydroxyl groups is 2. The Kier molecular flexibility index (Phi) is 17.5. The number of ether oxygens (including phenoxy) is 1. The maximum atomic E-state index is 13.6. The quantitative estimate of drug-likeness (QED) is 0.0167. The van der Waals surface area contributed by atoms with E-state index in [0.29, 0.717) is 66.5 Å². The van der Waals surface area contributed by atoms with E-state index in [4.69, 9.17) is 10.5 Å². The number of rotatable bonds is 23. The fourth-order valence-electron chi connectivity index (χ4n) is 12.4. The summed E-state index contributed by atoms with van der Waals surface area (Å²) in [5, 5.41) is 41.9. The molecular weight excluding hydrogens is 863 g/mol. The van der Waals surface area contributed by atoms with E-state index in [2.05, 4.69) is 81.6 Å². The minimum absolute atomic E-state index is 0.0636. The molecule has 11 nitrogen and oxygen atoms in total. The molecule has 1 saturated heterocycles. The summed E-state index contributed by atoms with van der Waals surface area (Å²) in [5.74, 6) is 2.54. The number of phenols is 1. The predicted octanol–water partition coefficient (Wildman–Crippen LogP) is 7.86. The summed E-state index contributed by atoms with van der Waals surface area (Å²) in [4.78, 5) is 31.5. The molecule has 69 heavy (non-hydrogen) atoms. The van der Waals surface area contributed by atoms with E-state index in [1.165, 1.54) is 35.6 Å². The second-order valence-electron chi connectivity index (χ2n) is 20.8. The Morgan fingerprint density at radius 1 is 0.986 bits per heavy atom. The van der Waals surface area contributed by atoms with Crippen LogP contribution in [0.4, 0.5) is 5.82 Å². The van der Waals surface area contributed by atoms with Gasteiger partial charge in [-0.15, -0.1) is 0 Å². The molecule has 8 N–H and O–H groups in total. The van der Waals surface area contributed by atoms with Gasteiger partial charge in [0.1, 0.15) is 11.6 Å². The molecule has 2 aliphatic carbocycles. The van der Waals surface area contributed by atoms with E-state index in [0.717, 1.165) is 101 Å². The van der Waals surface area contributed by atoms with Gasteiger partial charge in [0.25, 0.3) is 0 Å².